The molecule has 2 saturated carbocycles. The number of H-pyrrole nitrogens is 2. The summed E-state index contributed by atoms with van der Waals surface area (Å²) in [5.41, 5.74) is 6.40. The highest BCUT2D eigenvalue weighted by atomic mass is 16.5. The number of carbonyl (C=O) groups is 2. The summed E-state index contributed by atoms with van der Waals surface area (Å²) in [6, 6.07) is 17.5. The van der Waals surface area contributed by atoms with Gasteiger partial charge in [-0.25, -0.2) is 14.8 Å². The molecule has 4 N–H and O–H groups in total. The summed E-state index contributed by atoms with van der Waals surface area (Å²) < 4.78 is 4.78. The summed E-state index contributed by atoms with van der Waals surface area (Å²) in [6.07, 6.45) is 7.57. The van der Waals surface area contributed by atoms with Crippen LogP contribution < -0.4 is 10.6 Å². The number of aromatic nitrogens is 4. The highest BCUT2D eigenvalue weighted by Gasteiger charge is 2.56. The fourth-order valence-corrected chi connectivity index (χ4v) is 7.41. The van der Waals surface area contributed by atoms with Crippen LogP contribution in [0.2, 0.25) is 0 Å². The van der Waals surface area contributed by atoms with Gasteiger partial charge in [-0.05, 0) is 65.7 Å². The lowest BCUT2D eigenvalue weighted by Crippen LogP contribution is -2.52. The number of aromatic amines is 2. The minimum absolute atomic E-state index is 0.0696. The van der Waals surface area contributed by atoms with E-state index in [0.29, 0.717) is 18.0 Å². The lowest BCUT2D eigenvalue weighted by molar-refractivity contribution is -0.136. The van der Waals surface area contributed by atoms with E-state index in [2.05, 4.69) is 74.1 Å². The summed E-state index contributed by atoms with van der Waals surface area (Å²) in [7, 11) is 1.31. The predicted molar refractivity (Wildman–Crippen MR) is 170 cm³/mol. The Morgan fingerprint density at radius 3 is 2.00 bits per heavy atom. The van der Waals surface area contributed by atoms with E-state index in [0.717, 1.165) is 64.1 Å². The molecular formula is C35H39N7O3. The van der Waals surface area contributed by atoms with Gasteiger partial charge < -0.3 is 30.2 Å². The molecule has 45 heavy (non-hydrogen) atoms. The monoisotopic (exact) mass is 605 g/mol. The molecule has 4 aromatic rings. The van der Waals surface area contributed by atoms with E-state index in [-0.39, 0.29) is 23.9 Å². The molecule has 2 aliphatic heterocycles. The van der Waals surface area contributed by atoms with Crippen LogP contribution >= 0.6 is 0 Å². The van der Waals surface area contributed by atoms with Crippen molar-refractivity contribution in [3.63, 3.8) is 0 Å². The van der Waals surface area contributed by atoms with E-state index >= 15 is 0 Å². The standard InChI is InChI=1S/C35H39N7O3/c1-18(2)31(41-35(44)45-3)34(43)42-29-14-24(29)15-30(42)33-37-17-28(40-33)22-10-6-20(7-11-22)19-4-8-21(9-5-19)27-16-36-32(39-27)26-13-23-12-25(23)38-26/h4-11,16-18,23-26,29-31,38H,12-15H2,1-3H3,(H,36,39)(H,37,40)(H,41,44)/t23-,24-,25-,26+,29-,30+,31+/m1/s1. The number of rotatable bonds is 8. The molecule has 0 radical (unpaired) electrons. The van der Waals surface area contributed by atoms with Crippen molar-refractivity contribution in [1.82, 2.24) is 35.5 Å². The third kappa shape index (κ3) is 5.20. The van der Waals surface area contributed by atoms with Crippen LogP contribution in [0.5, 0.6) is 0 Å². The first-order valence-electron chi connectivity index (χ1n) is 16.1. The quantitative estimate of drug-likeness (QED) is 0.207. The molecule has 2 amide bonds. The van der Waals surface area contributed by atoms with Crippen LogP contribution in [0.25, 0.3) is 33.6 Å². The van der Waals surface area contributed by atoms with Gasteiger partial charge in [-0.15, -0.1) is 0 Å². The van der Waals surface area contributed by atoms with Gasteiger partial charge in [0.1, 0.15) is 17.7 Å². The number of nitrogens with one attached hydrogen (secondary N) is 4. The highest BCUT2D eigenvalue weighted by molar-refractivity contribution is 5.87. The molecule has 0 unspecified atom stereocenters. The largest absolute Gasteiger partial charge is 0.453 e. The van der Waals surface area contributed by atoms with E-state index in [4.69, 9.17) is 9.72 Å². The van der Waals surface area contributed by atoms with Crippen molar-refractivity contribution in [2.24, 2.45) is 17.8 Å². The maximum atomic E-state index is 13.7. The molecule has 2 aliphatic carbocycles. The number of carbonyl (C=O) groups excluding carboxylic acids is 2. The van der Waals surface area contributed by atoms with Gasteiger partial charge in [-0.1, -0.05) is 62.4 Å². The van der Waals surface area contributed by atoms with Crippen molar-refractivity contribution in [1.29, 1.82) is 0 Å². The highest BCUT2D eigenvalue weighted by Crippen LogP contribution is 2.53. The van der Waals surface area contributed by atoms with Crippen LogP contribution in [0.15, 0.2) is 60.9 Å². The zero-order valence-corrected chi connectivity index (χ0v) is 25.8. The number of hydrogen-bond acceptors (Lipinski definition) is 6. The number of hydrogen-bond donors (Lipinski definition) is 4. The lowest BCUT2D eigenvalue weighted by Gasteiger charge is -2.31. The molecule has 2 saturated heterocycles. The Kier molecular flexibility index (Phi) is 6.78. The van der Waals surface area contributed by atoms with E-state index in [1.165, 1.54) is 20.0 Å². The summed E-state index contributed by atoms with van der Waals surface area (Å²) in [4.78, 5) is 44.0. The predicted octanol–water partition coefficient (Wildman–Crippen LogP) is 5.60. The Morgan fingerprint density at radius 1 is 0.822 bits per heavy atom. The van der Waals surface area contributed by atoms with Gasteiger partial charge in [0.05, 0.1) is 43.0 Å². The van der Waals surface area contributed by atoms with E-state index in [9.17, 15) is 9.59 Å². The molecule has 10 heteroatoms. The Bertz CT molecular complexity index is 1720. The molecule has 4 heterocycles. The van der Waals surface area contributed by atoms with Crippen LogP contribution in [0.1, 0.15) is 63.3 Å². The Balaban J connectivity index is 0.949. The van der Waals surface area contributed by atoms with Gasteiger partial charge in [0, 0.05) is 12.1 Å². The number of piperidine rings is 2. The first-order chi connectivity index (χ1) is 21.9. The Hall–Kier alpha value is -4.44. The minimum Gasteiger partial charge on any atom is -0.453 e. The molecule has 4 aliphatic rings. The fourth-order valence-electron chi connectivity index (χ4n) is 7.41. The average molecular weight is 606 g/mol. The van der Waals surface area contributed by atoms with Gasteiger partial charge in [0.2, 0.25) is 5.91 Å². The van der Waals surface area contributed by atoms with E-state index in [1.54, 1.807) is 0 Å². The molecule has 0 bridgehead atoms. The zero-order valence-electron chi connectivity index (χ0n) is 25.8. The summed E-state index contributed by atoms with van der Waals surface area (Å²) >= 11 is 0. The van der Waals surface area contributed by atoms with Crippen LogP contribution in [0.3, 0.4) is 0 Å². The molecule has 10 nitrogen and oxygen atoms in total. The first-order valence-corrected chi connectivity index (χ1v) is 16.1. The Morgan fingerprint density at radius 2 is 1.42 bits per heavy atom. The topological polar surface area (TPSA) is 128 Å². The third-order valence-electron chi connectivity index (χ3n) is 10.2. The van der Waals surface area contributed by atoms with Crippen LogP contribution in [-0.2, 0) is 9.53 Å². The Labute approximate surface area is 262 Å². The van der Waals surface area contributed by atoms with E-state index in [1.807, 2.05) is 31.1 Å². The summed E-state index contributed by atoms with van der Waals surface area (Å²) in [6.45, 7) is 3.87. The molecule has 2 aromatic carbocycles. The summed E-state index contributed by atoms with van der Waals surface area (Å²) in [5, 5.41) is 6.40. The third-order valence-corrected chi connectivity index (χ3v) is 10.2. The molecule has 2 aromatic heterocycles. The minimum atomic E-state index is -0.646. The second kappa shape index (κ2) is 10.9. The molecular weight excluding hydrogens is 566 g/mol. The molecule has 0 spiro atoms. The van der Waals surface area contributed by atoms with Gasteiger partial charge in [-0.3, -0.25) is 4.79 Å². The number of ether oxygens (including phenoxy) is 1. The van der Waals surface area contributed by atoms with Gasteiger partial charge >= 0.3 is 6.09 Å². The van der Waals surface area contributed by atoms with Gasteiger partial charge in [0.15, 0.2) is 0 Å². The molecule has 4 fully saturated rings. The SMILES string of the molecule is COC(=O)N[C@H](C(=O)N1[C@@H]2C[C@@H]2C[C@H]1c1ncc(-c2ccc(-c3ccc(-c4cnc([C@@H]5C[C@H]6C[C@H]6N5)[nH]4)cc3)cc2)[nH]1)C(C)C. The molecule has 7 atom stereocenters. The van der Waals surface area contributed by atoms with Crippen molar-refractivity contribution in [2.45, 2.75) is 69.7 Å². The number of nitrogens with zero attached hydrogens (tertiary/aromatic N) is 3. The number of benzene rings is 2. The number of fused-ring (bicyclic) bond motifs is 2. The number of amides is 2. The fraction of sp³-hybridized carbons (Fsp3) is 0.429. The van der Waals surface area contributed by atoms with Crippen LogP contribution in [0, 0.1) is 17.8 Å². The van der Waals surface area contributed by atoms with Crippen molar-refractivity contribution < 1.29 is 14.3 Å². The van der Waals surface area contributed by atoms with Crippen molar-refractivity contribution in [3.8, 4) is 33.6 Å². The lowest BCUT2D eigenvalue weighted by atomic mass is 10.0. The zero-order chi connectivity index (χ0) is 30.8. The van der Waals surface area contributed by atoms with Crippen LogP contribution in [-0.4, -0.2) is 62.1 Å². The molecule has 8 rings (SSSR count). The maximum Gasteiger partial charge on any atom is 0.407 e. The number of methoxy groups -OCH3 is 1. The first kappa shape index (κ1) is 28.1. The van der Waals surface area contributed by atoms with Crippen molar-refractivity contribution in [3.05, 3.63) is 72.6 Å². The van der Waals surface area contributed by atoms with Gasteiger partial charge in [0.25, 0.3) is 0 Å². The van der Waals surface area contributed by atoms with Crippen molar-refractivity contribution in [2.75, 3.05) is 7.11 Å². The van der Waals surface area contributed by atoms with Crippen LogP contribution in [0.4, 0.5) is 4.79 Å². The number of alkyl carbamates (subject to hydrolysis) is 1. The normalized spacial score (nSPS) is 26.8. The number of likely N-dealkylation sites (tertiary alicyclic amines) is 1. The molecule has 232 valence electrons. The van der Waals surface area contributed by atoms with E-state index < -0.39 is 12.1 Å². The van der Waals surface area contributed by atoms with Crippen molar-refractivity contribution >= 4 is 12.0 Å². The second-order valence-electron chi connectivity index (χ2n) is 13.5. The maximum absolute atomic E-state index is 13.7. The smallest absolute Gasteiger partial charge is 0.407 e. The van der Waals surface area contributed by atoms with Gasteiger partial charge in [-0.2, -0.15) is 0 Å². The number of imidazole rings is 2. The summed E-state index contributed by atoms with van der Waals surface area (Å²) in [5.74, 6) is 3.00. The second-order valence-corrected chi connectivity index (χ2v) is 13.5. The average Bonchev–Trinajstić information content (AvgIpc) is 3.62.